The molecule has 8 heteroatoms. The zero-order chi connectivity index (χ0) is 19.6. The molecule has 3 rings (SSSR count). The number of carbonyl (C=O) groups excluding carboxylic acids is 1. The van der Waals surface area contributed by atoms with Crippen LogP contribution in [0, 0.1) is 12.8 Å². The second kappa shape index (κ2) is 9.57. The van der Waals surface area contributed by atoms with E-state index in [0.717, 1.165) is 37.9 Å². The standard InChI is InChI=1S/C20H31N3O3S.ClH/c1-14(2)12-19(22-27(25,26)18-8-4-15(3)5-9-18)20(24)23-16-6-7-17(23)13-21-11-10-16;/h4-5,8-9,14,16-17,19,21-22H,6-7,10-13H2,1-3H3;1H. The van der Waals surface area contributed by atoms with Crippen molar-refractivity contribution in [3.63, 3.8) is 0 Å². The van der Waals surface area contributed by atoms with E-state index in [0.29, 0.717) is 6.42 Å². The lowest BCUT2D eigenvalue weighted by atomic mass is 10.0. The van der Waals surface area contributed by atoms with Crippen molar-refractivity contribution >= 4 is 28.3 Å². The largest absolute Gasteiger partial charge is 0.334 e. The molecule has 1 aromatic carbocycles. The van der Waals surface area contributed by atoms with E-state index in [1.165, 1.54) is 0 Å². The van der Waals surface area contributed by atoms with Gasteiger partial charge in [0.1, 0.15) is 6.04 Å². The molecular formula is C20H32ClN3O3S. The maximum absolute atomic E-state index is 13.4. The van der Waals surface area contributed by atoms with E-state index in [1.54, 1.807) is 24.3 Å². The molecule has 2 aliphatic heterocycles. The number of sulfonamides is 1. The fraction of sp³-hybridized carbons (Fsp3) is 0.650. The third-order valence-electron chi connectivity index (χ3n) is 5.54. The van der Waals surface area contributed by atoms with Crippen LogP contribution in [0.5, 0.6) is 0 Å². The van der Waals surface area contributed by atoms with Crippen molar-refractivity contribution in [1.82, 2.24) is 14.9 Å². The van der Waals surface area contributed by atoms with E-state index < -0.39 is 16.1 Å². The van der Waals surface area contributed by atoms with E-state index in [9.17, 15) is 13.2 Å². The summed E-state index contributed by atoms with van der Waals surface area (Å²) in [6, 6.07) is 6.39. The predicted octanol–water partition coefficient (Wildman–Crippen LogP) is 2.46. The van der Waals surface area contributed by atoms with Gasteiger partial charge in [-0.2, -0.15) is 4.72 Å². The number of halogens is 1. The number of fused-ring (bicyclic) bond motifs is 2. The minimum atomic E-state index is -3.74. The molecule has 2 bridgehead atoms. The molecule has 3 atom stereocenters. The van der Waals surface area contributed by atoms with Gasteiger partial charge in [-0.3, -0.25) is 4.79 Å². The number of hydrogen-bond acceptors (Lipinski definition) is 4. The SMILES string of the molecule is Cc1ccc(S(=O)(=O)NC(CC(C)C)C(=O)N2C3CCNCC2CC3)cc1.Cl. The Kier molecular flexibility index (Phi) is 7.90. The molecule has 2 heterocycles. The summed E-state index contributed by atoms with van der Waals surface area (Å²) in [5.74, 6) is 0.137. The number of hydrogen-bond donors (Lipinski definition) is 2. The summed E-state index contributed by atoms with van der Waals surface area (Å²) < 4.78 is 28.5. The quantitative estimate of drug-likeness (QED) is 0.728. The van der Waals surface area contributed by atoms with Gasteiger partial charge in [0.15, 0.2) is 0 Å². The average molecular weight is 430 g/mol. The van der Waals surface area contributed by atoms with Crippen LogP contribution in [0.2, 0.25) is 0 Å². The summed E-state index contributed by atoms with van der Waals surface area (Å²) in [6.07, 6.45) is 3.42. The highest BCUT2D eigenvalue weighted by atomic mass is 35.5. The summed E-state index contributed by atoms with van der Waals surface area (Å²) >= 11 is 0. The zero-order valence-electron chi connectivity index (χ0n) is 16.8. The van der Waals surface area contributed by atoms with Gasteiger partial charge in [0.25, 0.3) is 0 Å². The van der Waals surface area contributed by atoms with Crippen LogP contribution in [0.15, 0.2) is 29.2 Å². The molecule has 1 amide bonds. The van der Waals surface area contributed by atoms with Crippen LogP contribution >= 0.6 is 12.4 Å². The molecule has 0 radical (unpaired) electrons. The highest BCUT2D eigenvalue weighted by Crippen LogP contribution is 2.29. The van der Waals surface area contributed by atoms with Crippen molar-refractivity contribution in [3.05, 3.63) is 29.8 Å². The fourth-order valence-corrected chi connectivity index (χ4v) is 5.37. The molecule has 0 saturated carbocycles. The highest BCUT2D eigenvalue weighted by Gasteiger charge is 2.41. The lowest BCUT2D eigenvalue weighted by molar-refractivity contribution is -0.136. The van der Waals surface area contributed by atoms with E-state index >= 15 is 0 Å². The van der Waals surface area contributed by atoms with Gasteiger partial charge in [0.05, 0.1) is 4.90 Å². The molecule has 28 heavy (non-hydrogen) atoms. The molecule has 2 saturated heterocycles. The Balaban J connectivity index is 0.00000280. The number of benzene rings is 1. The molecule has 2 fully saturated rings. The summed E-state index contributed by atoms with van der Waals surface area (Å²) in [6.45, 7) is 7.65. The number of nitrogens with zero attached hydrogens (tertiary/aromatic N) is 1. The molecular weight excluding hydrogens is 398 g/mol. The molecule has 0 spiro atoms. The maximum Gasteiger partial charge on any atom is 0.241 e. The minimum Gasteiger partial charge on any atom is -0.334 e. The van der Waals surface area contributed by atoms with E-state index in [1.807, 2.05) is 25.7 Å². The second-order valence-electron chi connectivity index (χ2n) is 8.24. The number of rotatable bonds is 6. The predicted molar refractivity (Wildman–Crippen MR) is 113 cm³/mol. The Morgan fingerprint density at radius 2 is 1.82 bits per heavy atom. The van der Waals surface area contributed by atoms with Gasteiger partial charge >= 0.3 is 0 Å². The summed E-state index contributed by atoms with van der Waals surface area (Å²) in [5, 5.41) is 3.39. The molecule has 2 N–H and O–H groups in total. The van der Waals surface area contributed by atoms with E-state index in [-0.39, 0.29) is 41.2 Å². The van der Waals surface area contributed by atoms with Gasteiger partial charge in [-0.1, -0.05) is 31.5 Å². The number of carbonyl (C=O) groups is 1. The normalized spacial score (nSPS) is 23.2. The van der Waals surface area contributed by atoms with Gasteiger partial charge in [-0.25, -0.2) is 8.42 Å². The Hall–Kier alpha value is -1.15. The van der Waals surface area contributed by atoms with Crippen LogP contribution in [0.3, 0.4) is 0 Å². The summed E-state index contributed by atoms with van der Waals surface area (Å²) in [5.41, 5.74) is 0.998. The van der Waals surface area contributed by atoms with Crippen molar-refractivity contribution in [2.75, 3.05) is 13.1 Å². The van der Waals surface area contributed by atoms with Gasteiger partial charge in [0, 0.05) is 18.6 Å². The first-order valence-corrected chi connectivity index (χ1v) is 11.4. The van der Waals surface area contributed by atoms with Crippen LogP contribution in [0.25, 0.3) is 0 Å². The third-order valence-corrected chi connectivity index (χ3v) is 7.03. The third kappa shape index (κ3) is 5.26. The lowest BCUT2D eigenvalue weighted by Gasteiger charge is -2.32. The molecule has 6 nitrogen and oxygen atoms in total. The molecule has 158 valence electrons. The number of amides is 1. The van der Waals surface area contributed by atoms with E-state index in [2.05, 4.69) is 10.0 Å². The Labute approximate surface area is 174 Å². The van der Waals surface area contributed by atoms with Crippen molar-refractivity contribution < 1.29 is 13.2 Å². The molecule has 1 aromatic rings. The first-order chi connectivity index (χ1) is 12.8. The maximum atomic E-state index is 13.4. The van der Waals surface area contributed by atoms with Crippen molar-refractivity contribution in [1.29, 1.82) is 0 Å². The van der Waals surface area contributed by atoms with Crippen molar-refractivity contribution in [2.45, 2.75) is 69.5 Å². The smallest absolute Gasteiger partial charge is 0.241 e. The van der Waals surface area contributed by atoms with Gasteiger partial charge in [-0.05, 0) is 57.2 Å². The Morgan fingerprint density at radius 1 is 1.18 bits per heavy atom. The minimum absolute atomic E-state index is 0. The first kappa shape index (κ1) is 23.1. The van der Waals surface area contributed by atoms with Gasteiger partial charge in [-0.15, -0.1) is 12.4 Å². The number of nitrogens with one attached hydrogen (secondary N) is 2. The van der Waals surface area contributed by atoms with Gasteiger partial charge < -0.3 is 10.2 Å². The van der Waals surface area contributed by atoms with Crippen molar-refractivity contribution in [2.24, 2.45) is 5.92 Å². The first-order valence-electron chi connectivity index (χ1n) is 9.90. The topological polar surface area (TPSA) is 78.5 Å². The van der Waals surface area contributed by atoms with Crippen LogP contribution in [-0.2, 0) is 14.8 Å². The molecule has 0 aliphatic carbocycles. The molecule has 0 aromatic heterocycles. The van der Waals surface area contributed by atoms with Crippen LogP contribution in [0.1, 0.15) is 45.1 Å². The Morgan fingerprint density at radius 3 is 2.46 bits per heavy atom. The summed E-state index contributed by atoms with van der Waals surface area (Å²) in [7, 11) is -3.74. The average Bonchev–Trinajstić information content (AvgIpc) is 2.86. The van der Waals surface area contributed by atoms with Crippen LogP contribution in [-0.4, -0.2) is 50.4 Å². The Bertz CT molecular complexity index is 753. The van der Waals surface area contributed by atoms with Crippen LogP contribution < -0.4 is 10.0 Å². The number of aryl methyl sites for hydroxylation is 1. The zero-order valence-corrected chi connectivity index (χ0v) is 18.5. The molecule has 3 unspecified atom stereocenters. The van der Waals surface area contributed by atoms with Crippen molar-refractivity contribution in [3.8, 4) is 0 Å². The van der Waals surface area contributed by atoms with E-state index in [4.69, 9.17) is 0 Å². The summed E-state index contributed by atoms with van der Waals surface area (Å²) in [4.78, 5) is 15.5. The molecule has 2 aliphatic rings. The van der Waals surface area contributed by atoms with Crippen LogP contribution in [0.4, 0.5) is 0 Å². The fourth-order valence-electron chi connectivity index (χ4n) is 4.17. The monoisotopic (exact) mass is 429 g/mol. The second-order valence-corrected chi connectivity index (χ2v) is 9.95. The highest BCUT2D eigenvalue weighted by molar-refractivity contribution is 7.89. The van der Waals surface area contributed by atoms with Gasteiger partial charge in [0.2, 0.25) is 15.9 Å². The lowest BCUT2D eigenvalue weighted by Crippen LogP contribution is -2.53.